The van der Waals surface area contributed by atoms with Gasteiger partial charge in [-0.05, 0) is 23.6 Å². The molecule has 1 aromatic rings. The molecule has 1 radical (unpaired) electrons. The zero-order chi connectivity index (χ0) is 7.40. The molecule has 1 rings (SSSR count). The predicted octanol–water partition coefficient (Wildman–Crippen LogP) is 0.870. The Hall–Kier alpha value is -0.990. The number of nitrogens with zero attached hydrogens (tertiary/aromatic N) is 3. The van der Waals surface area contributed by atoms with Crippen molar-refractivity contribution in [2.75, 3.05) is 0 Å². The second kappa shape index (κ2) is 3.25. The molecular weight excluding hydrogens is 126 g/mol. The number of hydrogen-bond acceptors (Lipinski definition) is 3. The van der Waals surface area contributed by atoms with Crippen LogP contribution in [0.3, 0.4) is 0 Å². The van der Waals surface area contributed by atoms with E-state index in [-0.39, 0.29) is 0 Å². The van der Waals surface area contributed by atoms with E-state index >= 15 is 0 Å². The van der Waals surface area contributed by atoms with Crippen molar-refractivity contribution in [2.45, 2.75) is 20.3 Å². The largest absolute Gasteiger partial charge is 0.135 e. The molecule has 0 bridgehead atoms. The second-order valence-electron chi connectivity index (χ2n) is 2.65. The summed E-state index contributed by atoms with van der Waals surface area (Å²) in [4.78, 5) is 0. The zero-order valence-corrected chi connectivity index (χ0v) is 6.20. The van der Waals surface area contributed by atoms with E-state index in [9.17, 15) is 0 Å². The van der Waals surface area contributed by atoms with Gasteiger partial charge in [0.2, 0.25) is 0 Å². The van der Waals surface area contributed by atoms with Crippen LogP contribution in [-0.4, -0.2) is 15.4 Å². The molecule has 0 aliphatic rings. The van der Waals surface area contributed by atoms with Crippen molar-refractivity contribution in [3.8, 4) is 0 Å². The van der Waals surface area contributed by atoms with Crippen LogP contribution in [0.1, 0.15) is 19.5 Å². The van der Waals surface area contributed by atoms with Crippen LogP contribution in [0.25, 0.3) is 0 Å². The zero-order valence-electron chi connectivity index (χ0n) is 6.20. The van der Waals surface area contributed by atoms with Gasteiger partial charge in [0, 0.05) is 0 Å². The molecule has 0 atom stereocenters. The maximum absolute atomic E-state index is 3.83. The molecule has 0 spiro atoms. The van der Waals surface area contributed by atoms with Gasteiger partial charge < -0.3 is 0 Å². The van der Waals surface area contributed by atoms with Gasteiger partial charge in [-0.25, -0.2) is 0 Å². The van der Waals surface area contributed by atoms with Crippen molar-refractivity contribution in [2.24, 2.45) is 5.92 Å². The summed E-state index contributed by atoms with van der Waals surface area (Å²) in [5.41, 5.74) is 0.963. The highest BCUT2D eigenvalue weighted by Gasteiger charge is 1.97. The third kappa shape index (κ3) is 2.09. The standard InChI is InChI=1S/C7H10N3/c1-6(2)5-7-3-4-8-10-9-7/h3,6H,5H2,1-2H3. The monoisotopic (exact) mass is 136 g/mol. The van der Waals surface area contributed by atoms with E-state index in [4.69, 9.17) is 0 Å². The van der Waals surface area contributed by atoms with Crippen molar-refractivity contribution < 1.29 is 0 Å². The van der Waals surface area contributed by atoms with E-state index in [1.165, 1.54) is 0 Å². The second-order valence-corrected chi connectivity index (χ2v) is 2.65. The molecule has 3 heteroatoms. The Morgan fingerprint density at radius 2 is 2.40 bits per heavy atom. The van der Waals surface area contributed by atoms with Gasteiger partial charge in [0.15, 0.2) is 0 Å². The number of aromatic nitrogens is 3. The fourth-order valence-electron chi connectivity index (χ4n) is 0.756. The molecule has 0 N–H and O–H groups in total. The molecule has 1 aromatic heterocycles. The topological polar surface area (TPSA) is 38.7 Å². The lowest BCUT2D eigenvalue weighted by Crippen LogP contribution is -1.99. The third-order valence-electron chi connectivity index (χ3n) is 1.12. The van der Waals surface area contributed by atoms with Gasteiger partial charge in [0.25, 0.3) is 0 Å². The average Bonchev–Trinajstić information content (AvgIpc) is 1.88. The van der Waals surface area contributed by atoms with Gasteiger partial charge in [0.05, 0.1) is 5.69 Å². The first-order chi connectivity index (χ1) is 4.79. The van der Waals surface area contributed by atoms with Crippen LogP contribution in [-0.2, 0) is 6.42 Å². The van der Waals surface area contributed by atoms with Crippen LogP contribution in [0.4, 0.5) is 0 Å². The molecule has 3 nitrogen and oxygen atoms in total. The van der Waals surface area contributed by atoms with Crippen molar-refractivity contribution in [1.29, 1.82) is 0 Å². The molecule has 0 aliphatic carbocycles. The molecule has 0 saturated heterocycles. The van der Waals surface area contributed by atoms with E-state index in [1.807, 2.05) is 0 Å². The van der Waals surface area contributed by atoms with E-state index in [0.717, 1.165) is 12.1 Å². The summed E-state index contributed by atoms with van der Waals surface area (Å²) in [6.07, 6.45) is 3.59. The summed E-state index contributed by atoms with van der Waals surface area (Å²) in [6, 6.07) is 1.77. The summed E-state index contributed by atoms with van der Waals surface area (Å²) in [6.45, 7) is 4.28. The highest BCUT2D eigenvalue weighted by Crippen LogP contribution is 2.01. The van der Waals surface area contributed by atoms with Gasteiger partial charge in [-0.1, -0.05) is 13.8 Å². The van der Waals surface area contributed by atoms with Gasteiger partial charge in [0.1, 0.15) is 6.20 Å². The van der Waals surface area contributed by atoms with Crippen LogP contribution in [0.15, 0.2) is 6.07 Å². The van der Waals surface area contributed by atoms with E-state index in [2.05, 4.69) is 35.5 Å². The highest BCUT2D eigenvalue weighted by atomic mass is 15.3. The van der Waals surface area contributed by atoms with Crippen LogP contribution in [0, 0.1) is 12.1 Å². The van der Waals surface area contributed by atoms with Crippen LogP contribution < -0.4 is 0 Å². The summed E-state index contributed by atoms with van der Waals surface area (Å²) in [5.74, 6) is 0.616. The molecule has 0 fully saturated rings. The lowest BCUT2D eigenvalue weighted by Gasteiger charge is -1.99. The lowest BCUT2D eigenvalue weighted by atomic mass is 10.1. The van der Waals surface area contributed by atoms with Crippen LogP contribution >= 0.6 is 0 Å². The average molecular weight is 136 g/mol. The van der Waals surface area contributed by atoms with Crippen LogP contribution in [0.2, 0.25) is 0 Å². The van der Waals surface area contributed by atoms with Gasteiger partial charge >= 0.3 is 0 Å². The molecule has 0 amide bonds. The van der Waals surface area contributed by atoms with Gasteiger partial charge in [-0.3, -0.25) is 0 Å². The molecule has 0 unspecified atom stereocenters. The summed E-state index contributed by atoms with van der Waals surface area (Å²) < 4.78 is 0. The Balaban J connectivity index is 2.59. The quantitative estimate of drug-likeness (QED) is 0.605. The Morgan fingerprint density at radius 3 is 2.90 bits per heavy atom. The Labute approximate surface area is 60.5 Å². The minimum absolute atomic E-state index is 0.616. The molecule has 0 aromatic carbocycles. The van der Waals surface area contributed by atoms with Crippen LogP contribution in [0.5, 0.6) is 0 Å². The predicted molar refractivity (Wildman–Crippen MR) is 37.2 cm³/mol. The normalized spacial score (nSPS) is 10.3. The van der Waals surface area contributed by atoms with Gasteiger partial charge in [-0.2, -0.15) is 0 Å². The molecule has 0 saturated carbocycles. The first-order valence-electron chi connectivity index (χ1n) is 3.34. The third-order valence-corrected chi connectivity index (χ3v) is 1.12. The lowest BCUT2D eigenvalue weighted by molar-refractivity contribution is 0.620. The Kier molecular flexibility index (Phi) is 2.31. The van der Waals surface area contributed by atoms with Gasteiger partial charge in [-0.15, -0.1) is 10.2 Å². The maximum Gasteiger partial charge on any atom is 0.117 e. The first-order valence-corrected chi connectivity index (χ1v) is 3.34. The maximum atomic E-state index is 3.83. The number of hydrogen-bond donors (Lipinski definition) is 0. The molecule has 1 heterocycles. The summed E-state index contributed by atoms with van der Waals surface area (Å²) in [7, 11) is 0. The van der Waals surface area contributed by atoms with Crippen molar-refractivity contribution >= 4 is 0 Å². The molecule has 10 heavy (non-hydrogen) atoms. The van der Waals surface area contributed by atoms with Crippen molar-refractivity contribution in [3.63, 3.8) is 0 Å². The smallest absolute Gasteiger partial charge is 0.117 e. The minimum atomic E-state index is 0.616. The number of rotatable bonds is 2. The Morgan fingerprint density at radius 1 is 1.60 bits per heavy atom. The summed E-state index contributed by atoms with van der Waals surface area (Å²) in [5, 5.41) is 10.8. The fraction of sp³-hybridized carbons (Fsp3) is 0.571. The SMILES string of the molecule is CC(C)Cc1c[c]nnn1. The Bertz CT molecular complexity index is 183. The molecule has 0 aliphatic heterocycles. The molecular formula is C7H10N3. The molecule has 53 valence electrons. The minimum Gasteiger partial charge on any atom is -0.135 e. The van der Waals surface area contributed by atoms with E-state index in [1.54, 1.807) is 6.07 Å². The highest BCUT2D eigenvalue weighted by molar-refractivity contribution is 4.94. The fourth-order valence-corrected chi connectivity index (χ4v) is 0.756. The van der Waals surface area contributed by atoms with E-state index < -0.39 is 0 Å². The first kappa shape index (κ1) is 7.12. The van der Waals surface area contributed by atoms with E-state index in [0.29, 0.717) is 5.92 Å². The van der Waals surface area contributed by atoms with Crippen molar-refractivity contribution in [1.82, 2.24) is 15.4 Å². The summed E-state index contributed by atoms with van der Waals surface area (Å²) >= 11 is 0. The van der Waals surface area contributed by atoms with Crippen molar-refractivity contribution in [3.05, 3.63) is 18.0 Å².